The molecule has 1 aliphatic heterocycles. The lowest BCUT2D eigenvalue weighted by atomic mass is 10.0. The molecular formula is C21H21N3O2S. The molecule has 1 aliphatic rings. The molecule has 5 nitrogen and oxygen atoms in total. The van der Waals surface area contributed by atoms with Gasteiger partial charge in [0.15, 0.2) is 6.29 Å². The third kappa shape index (κ3) is 3.63. The number of rotatable bonds is 4. The average Bonchev–Trinajstić information content (AvgIpc) is 3.09. The second kappa shape index (κ2) is 7.58. The van der Waals surface area contributed by atoms with E-state index in [2.05, 4.69) is 15.6 Å². The molecule has 0 bridgehead atoms. The second-order valence-electron chi connectivity index (χ2n) is 6.83. The Morgan fingerprint density at radius 3 is 2.85 bits per heavy atom. The summed E-state index contributed by atoms with van der Waals surface area (Å²) in [6.07, 6.45) is 2.79. The van der Waals surface area contributed by atoms with Crippen molar-refractivity contribution in [3.8, 4) is 10.6 Å². The van der Waals surface area contributed by atoms with Crippen molar-refractivity contribution in [2.24, 2.45) is 0 Å². The average molecular weight is 379 g/mol. The lowest BCUT2D eigenvalue weighted by molar-refractivity contribution is 0.0932. The van der Waals surface area contributed by atoms with Crippen LogP contribution in [0.3, 0.4) is 0 Å². The lowest BCUT2D eigenvalue weighted by Crippen LogP contribution is -2.42. The number of nitrogens with zero attached hydrogens (tertiary/aromatic N) is 1. The fourth-order valence-corrected chi connectivity index (χ4v) is 4.46. The van der Waals surface area contributed by atoms with Gasteiger partial charge < -0.3 is 10.6 Å². The summed E-state index contributed by atoms with van der Waals surface area (Å²) in [4.78, 5) is 29.2. The predicted octanol–water partition coefficient (Wildman–Crippen LogP) is 3.57. The van der Waals surface area contributed by atoms with E-state index >= 15 is 0 Å². The molecule has 0 spiro atoms. The number of hydrogen-bond acceptors (Lipinski definition) is 5. The Kier molecular flexibility index (Phi) is 5.01. The summed E-state index contributed by atoms with van der Waals surface area (Å²) in [5.74, 6) is -0.0350. The fourth-order valence-electron chi connectivity index (χ4n) is 3.49. The number of thiazole rings is 1. The van der Waals surface area contributed by atoms with Gasteiger partial charge in [-0.25, -0.2) is 4.98 Å². The maximum Gasteiger partial charge on any atom is 0.263 e. The van der Waals surface area contributed by atoms with E-state index in [-0.39, 0.29) is 11.9 Å². The molecule has 1 aromatic heterocycles. The van der Waals surface area contributed by atoms with Gasteiger partial charge in [0.2, 0.25) is 0 Å². The molecule has 2 heterocycles. The van der Waals surface area contributed by atoms with Crippen LogP contribution in [0, 0.1) is 6.92 Å². The summed E-state index contributed by atoms with van der Waals surface area (Å²) in [5, 5.41) is 9.18. The molecule has 1 saturated heterocycles. The Morgan fingerprint density at radius 1 is 1.26 bits per heavy atom. The van der Waals surface area contributed by atoms with Crippen LogP contribution in [-0.2, 0) is 0 Å². The molecule has 0 unspecified atom stereocenters. The maximum absolute atomic E-state index is 12.7. The van der Waals surface area contributed by atoms with E-state index in [1.54, 1.807) is 0 Å². The van der Waals surface area contributed by atoms with Crippen molar-refractivity contribution in [3.05, 3.63) is 52.5 Å². The third-order valence-electron chi connectivity index (χ3n) is 4.97. The Labute approximate surface area is 161 Å². The van der Waals surface area contributed by atoms with Crippen molar-refractivity contribution in [1.82, 2.24) is 15.6 Å². The van der Waals surface area contributed by atoms with Crippen LogP contribution in [0.1, 0.15) is 38.6 Å². The van der Waals surface area contributed by atoms with E-state index in [9.17, 15) is 9.59 Å². The van der Waals surface area contributed by atoms with Crippen LogP contribution in [-0.4, -0.2) is 36.3 Å². The van der Waals surface area contributed by atoms with Crippen molar-refractivity contribution >= 4 is 34.3 Å². The number of carbonyl (C=O) groups excluding carboxylic acids is 2. The summed E-state index contributed by atoms with van der Waals surface area (Å²) in [6.45, 7) is 3.76. The van der Waals surface area contributed by atoms with E-state index in [4.69, 9.17) is 0 Å². The standard InChI is InChI=1S/C21H21N3O2S/c1-13-19(20(26)24-17-7-9-22-10-8-17)27-21(23-13)15-5-6-18-14(11-15)3-2-4-16(18)12-25/h2-6,11-12,17,22H,7-10H2,1H3,(H,24,26). The van der Waals surface area contributed by atoms with Crippen LogP contribution in [0.15, 0.2) is 36.4 Å². The van der Waals surface area contributed by atoms with Gasteiger partial charge in [-0.3, -0.25) is 9.59 Å². The number of hydrogen-bond donors (Lipinski definition) is 2. The zero-order valence-electron chi connectivity index (χ0n) is 15.1. The number of benzene rings is 2. The van der Waals surface area contributed by atoms with Crippen LogP contribution in [0.25, 0.3) is 21.3 Å². The van der Waals surface area contributed by atoms with Crippen molar-refractivity contribution < 1.29 is 9.59 Å². The van der Waals surface area contributed by atoms with Gasteiger partial charge in [0.25, 0.3) is 5.91 Å². The van der Waals surface area contributed by atoms with Crippen molar-refractivity contribution in [2.75, 3.05) is 13.1 Å². The van der Waals surface area contributed by atoms with E-state index < -0.39 is 0 Å². The first-order chi connectivity index (χ1) is 13.2. The number of aromatic nitrogens is 1. The Hall–Kier alpha value is -2.57. The number of aldehydes is 1. The number of fused-ring (bicyclic) bond motifs is 1. The number of aryl methyl sites for hydroxylation is 1. The van der Waals surface area contributed by atoms with Gasteiger partial charge in [-0.1, -0.05) is 30.3 Å². The molecule has 0 aliphatic carbocycles. The lowest BCUT2D eigenvalue weighted by Gasteiger charge is -2.23. The minimum Gasteiger partial charge on any atom is -0.348 e. The van der Waals surface area contributed by atoms with Crippen LogP contribution < -0.4 is 10.6 Å². The van der Waals surface area contributed by atoms with Crippen LogP contribution >= 0.6 is 11.3 Å². The number of nitrogens with one attached hydrogen (secondary N) is 2. The van der Waals surface area contributed by atoms with Crippen LogP contribution in [0.4, 0.5) is 0 Å². The molecule has 138 valence electrons. The highest BCUT2D eigenvalue weighted by atomic mass is 32.1. The van der Waals surface area contributed by atoms with E-state index in [1.807, 2.05) is 43.3 Å². The summed E-state index contributed by atoms with van der Waals surface area (Å²) < 4.78 is 0. The van der Waals surface area contributed by atoms with Gasteiger partial charge in [0.1, 0.15) is 9.88 Å². The van der Waals surface area contributed by atoms with Crippen LogP contribution in [0.2, 0.25) is 0 Å². The van der Waals surface area contributed by atoms with Gasteiger partial charge in [0.05, 0.1) is 5.69 Å². The van der Waals surface area contributed by atoms with Gasteiger partial charge in [-0.15, -0.1) is 11.3 Å². The quantitative estimate of drug-likeness (QED) is 0.680. The number of amides is 1. The van der Waals surface area contributed by atoms with Gasteiger partial charge in [0, 0.05) is 17.2 Å². The largest absolute Gasteiger partial charge is 0.348 e. The van der Waals surface area contributed by atoms with Crippen molar-refractivity contribution in [2.45, 2.75) is 25.8 Å². The van der Waals surface area contributed by atoms with Gasteiger partial charge in [-0.05, 0) is 49.7 Å². The zero-order valence-corrected chi connectivity index (χ0v) is 15.9. The predicted molar refractivity (Wildman–Crippen MR) is 109 cm³/mol. The molecule has 6 heteroatoms. The second-order valence-corrected chi connectivity index (χ2v) is 7.83. The number of carbonyl (C=O) groups is 2. The fraction of sp³-hybridized carbons (Fsp3) is 0.286. The third-order valence-corrected chi connectivity index (χ3v) is 6.17. The molecule has 3 aromatic rings. The summed E-state index contributed by atoms with van der Waals surface area (Å²) >= 11 is 1.42. The van der Waals surface area contributed by atoms with E-state index in [0.29, 0.717) is 10.4 Å². The van der Waals surface area contributed by atoms with Crippen LogP contribution in [0.5, 0.6) is 0 Å². The van der Waals surface area contributed by atoms with Gasteiger partial charge in [-0.2, -0.15) is 0 Å². The van der Waals surface area contributed by atoms with E-state index in [0.717, 1.165) is 59.3 Å². The summed E-state index contributed by atoms with van der Waals surface area (Å²) in [6, 6.07) is 11.8. The first-order valence-electron chi connectivity index (χ1n) is 9.13. The molecule has 4 rings (SSSR count). The molecule has 0 saturated carbocycles. The van der Waals surface area contributed by atoms with Gasteiger partial charge >= 0.3 is 0 Å². The normalized spacial score (nSPS) is 15.0. The summed E-state index contributed by atoms with van der Waals surface area (Å²) in [5.41, 5.74) is 2.39. The Bertz CT molecular complexity index is 1010. The number of piperidine rings is 1. The molecule has 2 N–H and O–H groups in total. The Balaban J connectivity index is 1.61. The molecule has 27 heavy (non-hydrogen) atoms. The highest BCUT2D eigenvalue weighted by Gasteiger charge is 2.21. The summed E-state index contributed by atoms with van der Waals surface area (Å²) in [7, 11) is 0. The smallest absolute Gasteiger partial charge is 0.263 e. The minimum absolute atomic E-state index is 0.0350. The highest BCUT2D eigenvalue weighted by molar-refractivity contribution is 7.17. The molecule has 0 radical (unpaired) electrons. The SMILES string of the molecule is Cc1nc(-c2ccc3c(C=O)cccc3c2)sc1C(=O)NC1CCNCC1. The topological polar surface area (TPSA) is 71.1 Å². The van der Waals surface area contributed by atoms with E-state index in [1.165, 1.54) is 11.3 Å². The first-order valence-corrected chi connectivity index (χ1v) is 9.94. The maximum atomic E-state index is 12.7. The molecule has 1 amide bonds. The van der Waals surface area contributed by atoms with Crippen molar-refractivity contribution in [1.29, 1.82) is 0 Å². The first kappa shape index (κ1) is 17.8. The Morgan fingerprint density at radius 2 is 2.07 bits per heavy atom. The molecule has 1 fully saturated rings. The van der Waals surface area contributed by atoms with Crippen molar-refractivity contribution in [3.63, 3.8) is 0 Å². The molecule has 2 aromatic carbocycles. The molecule has 0 atom stereocenters. The minimum atomic E-state index is -0.0350. The molecular weight excluding hydrogens is 358 g/mol. The highest BCUT2D eigenvalue weighted by Crippen LogP contribution is 2.31. The zero-order chi connectivity index (χ0) is 18.8. The monoisotopic (exact) mass is 379 g/mol.